The highest BCUT2D eigenvalue weighted by Crippen LogP contribution is 2.33. The Morgan fingerprint density at radius 2 is 2.00 bits per heavy atom. The molecular weight excluding hydrogens is 238 g/mol. The molecule has 1 aliphatic rings. The van der Waals surface area contributed by atoms with Crippen molar-refractivity contribution in [3.05, 3.63) is 34.9 Å². The summed E-state index contributed by atoms with van der Waals surface area (Å²) in [5.41, 5.74) is 1.81. The molecule has 1 aromatic carbocycles. The Bertz CT molecular complexity index is 332. The lowest BCUT2D eigenvalue weighted by Crippen LogP contribution is -2.57. The normalized spacial score (nSPS) is 18.1. The van der Waals surface area contributed by atoms with Gasteiger partial charge in [0.2, 0.25) is 0 Å². The number of hydrogen-bond acceptors (Lipinski definition) is 2. The van der Waals surface area contributed by atoms with Crippen LogP contribution in [0.4, 0.5) is 0 Å². The molecule has 0 atom stereocenters. The molecule has 88 valence electrons. The van der Waals surface area contributed by atoms with Crippen LogP contribution < -0.4 is 5.32 Å². The van der Waals surface area contributed by atoms with Gasteiger partial charge in [0.15, 0.2) is 0 Å². The van der Waals surface area contributed by atoms with Crippen molar-refractivity contribution in [2.45, 2.75) is 18.8 Å². The van der Waals surface area contributed by atoms with Crippen molar-refractivity contribution < 1.29 is 0 Å². The Morgan fingerprint density at radius 1 is 1.31 bits per heavy atom. The zero-order valence-corrected chi connectivity index (χ0v) is 11.2. The topological polar surface area (TPSA) is 12.0 Å². The molecule has 1 N–H and O–H groups in total. The molecule has 0 spiro atoms. The van der Waals surface area contributed by atoms with Crippen molar-refractivity contribution in [3.63, 3.8) is 0 Å². The summed E-state index contributed by atoms with van der Waals surface area (Å²) in [6.45, 7) is 4.44. The van der Waals surface area contributed by atoms with E-state index in [2.05, 4.69) is 24.4 Å². The van der Waals surface area contributed by atoms with Gasteiger partial charge in [0.25, 0.3) is 0 Å². The predicted molar refractivity (Wildman–Crippen MR) is 73.6 cm³/mol. The fourth-order valence-electron chi connectivity index (χ4n) is 2.17. The van der Waals surface area contributed by atoms with Crippen molar-refractivity contribution in [1.29, 1.82) is 0 Å². The molecule has 0 aliphatic carbocycles. The van der Waals surface area contributed by atoms with Crippen LogP contribution in [0.1, 0.15) is 18.9 Å². The van der Waals surface area contributed by atoms with Gasteiger partial charge in [-0.3, -0.25) is 0 Å². The summed E-state index contributed by atoms with van der Waals surface area (Å²) in [6, 6.07) is 8.37. The first-order valence-corrected chi connectivity index (χ1v) is 7.35. The average molecular weight is 256 g/mol. The molecule has 0 unspecified atom stereocenters. The van der Waals surface area contributed by atoms with Gasteiger partial charge in [0, 0.05) is 23.5 Å². The van der Waals surface area contributed by atoms with Gasteiger partial charge < -0.3 is 5.32 Å². The van der Waals surface area contributed by atoms with E-state index in [4.69, 9.17) is 11.6 Å². The second-order valence-electron chi connectivity index (χ2n) is 4.34. The smallest absolute Gasteiger partial charge is 0.0406 e. The highest BCUT2D eigenvalue weighted by molar-refractivity contribution is 7.99. The zero-order valence-electron chi connectivity index (χ0n) is 9.63. The maximum atomic E-state index is 5.93. The number of hydrogen-bond donors (Lipinski definition) is 1. The zero-order chi connectivity index (χ0) is 11.4. The van der Waals surface area contributed by atoms with Crippen LogP contribution >= 0.6 is 23.4 Å². The molecular formula is C13H18ClNS. The van der Waals surface area contributed by atoms with E-state index in [1.54, 1.807) is 0 Å². The van der Waals surface area contributed by atoms with E-state index in [1.807, 2.05) is 23.9 Å². The SMILES string of the molecule is CCSCCC1(c2ccc(Cl)cc2)CNC1. The van der Waals surface area contributed by atoms with Gasteiger partial charge in [0.1, 0.15) is 0 Å². The molecule has 0 aromatic heterocycles. The number of rotatable bonds is 5. The molecule has 0 bridgehead atoms. The first-order valence-electron chi connectivity index (χ1n) is 5.81. The van der Waals surface area contributed by atoms with Crippen LogP contribution in [0.25, 0.3) is 0 Å². The third-order valence-corrected chi connectivity index (χ3v) is 4.47. The molecule has 0 saturated carbocycles. The van der Waals surface area contributed by atoms with E-state index in [9.17, 15) is 0 Å². The molecule has 3 heteroatoms. The molecule has 1 nitrogen and oxygen atoms in total. The lowest BCUT2D eigenvalue weighted by atomic mass is 9.73. The summed E-state index contributed by atoms with van der Waals surface area (Å²) in [6.07, 6.45) is 1.26. The van der Waals surface area contributed by atoms with Crippen molar-refractivity contribution in [1.82, 2.24) is 5.32 Å². The Balaban J connectivity index is 2.05. The molecule has 1 aromatic rings. The summed E-state index contributed by atoms with van der Waals surface area (Å²) in [5.74, 6) is 2.46. The number of halogens is 1. The largest absolute Gasteiger partial charge is 0.315 e. The summed E-state index contributed by atoms with van der Waals surface area (Å²) in [7, 11) is 0. The van der Waals surface area contributed by atoms with Gasteiger partial charge >= 0.3 is 0 Å². The van der Waals surface area contributed by atoms with Gasteiger partial charge in [-0.2, -0.15) is 11.8 Å². The van der Waals surface area contributed by atoms with Gasteiger partial charge in [-0.15, -0.1) is 0 Å². The average Bonchev–Trinajstić information content (AvgIpc) is 2.24. The van der Waals surface area contributed by atoms with Crippen LogP contribution in [0.3, 0.4) is 0 Å². The molecule has 1 heterocycles. The van der Waals surface area contributed by atoms with Gasteiger partial charge in [0.05, 0.1) is 0 Å². The van der Waals surface area contributed by atoms with Crippen LogP contribution in [-0.4, -0.2) is 24.6 Å². The molecule has 16 heavy (non-hydrogen) atoms. The van der Waals surface area contributed by atoms with Crippen LogP contribution in [0.5, 0.6) is 0 Å². The quantitative estimate of drug-likeness (QED) is 0.810. The van der Waals surface area contributed by atoms with E-state index in [0.717, 1.165) is 18.1 Å². The monoisotopic (exact) mass is 255 g/mol. The highest BCUT2D eigenvalue weighted by atomic mass is 35.5. The third kappa shape index (κ3) is 2.55. The van der Waals surface area contributed by atoms with Gasteiger partial charge in [-0.1, -0.05) is 30.7 Å². The lowest BCUT2D eigenvalue weighted by Gasteiger charge is -2.43. The van der Waals surface area contributed by atoms with Crippen LogP contribution in [0.2, 0.25) is 5.02 Å². The van der Waals surface area contributed by atoms with E-state index in [-0.39, 0.29) is 0 Å². The Kier molecular flexibility index (Phi) is 4.17. The maximum absolute atomic E-state index is 5.93. The number of benzene rings is 1. The summed E-state index contributed by atoms with van der Waals surface area (Å²) >= 11 is 7.96. The van der Waals surface area contributed by atoms with E-state index < -0.39 is 0 Å². The van der Waals surface area contributed by atoms with Crippen molar-refractivity contribution >= 4 is 23.4 Å². The van der Waals surface area contributed by atoms with Crippen molar-refractivity contribution in [2.24, 2.45) is 0 Å². The minimum Gasteiger partial charge on any atom is -0.315 e. The molecule has 1 fully saturated rings. The van der Waals surface area contributed by atoms with E-state index in [1.165, 1.54) is 23.5 Å². The van der Waals surface area contributed by atoms with Crippen LogP contribution in [-0.2, 0) is 5.41 Å². The molecule has 2 rings (SSSR count). The van der Waals surface area contributed by atoms with Crippen LogP contribution in [0, 0.1) is 0 Å². The fourth-order valence-corrected chi connectivity index (χ4v) is 3.12. The Labute approximate surface area is 107 Å². The minimum absolute atomic E-state index is 0.368. The minimum atomic E-state index is 0.368. The second-order valence-corrected chi connectivity index (χ2v) is 6.17. The van der Waals surface area contributed by atoms with Gasteiger partial charge in [-0.05, 0) is 35.6 Å². The lowest BCUT2D eigenvalue weighted by molar-refractivity contribution is 0.269. The maximum Gasteiger partial charge on any atom is 0.0406 e. The number of nitrogens with one attached hydrogen (secondary N) is 1. The van der Waals surface area contributed by atoms with Gasteiger partial charge in [-0.25, -0.2) is 0 Å². The van der Waals surface area contributed by atoms with Crippen molar-refractivity contribution in [3.8, 4) is 0 Å². The Hall–Kier alpha value is -0.180. The summed E-state index contributed by atoms with van der Waals surface area (Å²) < 4.78 is 0. The second kappa shape index (κ2) is 5.44. The first-order chi connectivity index (χ1) is 7.77. The number of thioether (sulfide) groups is 1. The summed E-state index contributed by atoms with van der Waals surface area (Å²) in [5, 5.41) is 4.23. The van der Waals surface area contributed by atoms with E-state index >= 15 is 0 Å². The standard InChI is InChI=1S/C13H18ClNS/c1-2-16-8-7-13(9-15-10-13)11-3-5-12(14)6-4-11/h3-6,15H,2,7-10H2,1H3. The molecule has 1 saturated heterocycles. The molecule has 0 amide bonds. The molecule has 1 aliphatic heterocycles. The first kappa shape index (κ1) is 12.3. The predicted octanol–water partition coefficient (Wildman–Crippen LogP) is 3.32. The highest BCUT2D eigenvalue weighted by Gasteiger charge is 2.37. The fraction of sp³-hybridized carbons (Fsp3) is 0.538. The van der Waals surface area contributed by atoms with E-state index in [0.29, 0.717) is 5.41 Å². The Morgan fingerprint density at radius 3 is 2.50 bits per heavy atom. The van der Waals surface area contributed by atoms with Crippen molar-refractivity contribution in [2.75, 3.05) is 24.6 Å². The summed E-state index contributed by atoms with van der Waals surface area (Å²) in [4.78, 5) is 0. The van der Waals surface area contributed by atoms with Crippen LogP contribution in [0.15, 0.2) is 24.3 Å². The molecule has 0 radical (unpaired) electrons. The third-order valence-electron chi connectivity index (χ3n) is 3.31.